The molecule has 54 heavy (non-hydrogen) atoms. The third kappa shape index (κ3) is 40.1. The Balaban J connectivity index is 4.34. The average Bonchev–Trinajstić information content (AvgIpc) is 3.14. The Morgan fingerprint density at radius 3 is 0.963 bits per heavy atom. The summed E-state index contributed by atoms with van der Waals surface area (Å²) in [5.41, 5.74) is 0. The van der Waals surface area contributed by atoms with Gasteiger partial charge in [-0.2, -0.15) is 0 Å². The molecule has 320 valence electrons. The molecular weight excluding hydrogens is 673 g/mol. The van der Waals surface area contributed by atoms with Gasteiger partial charge in [-0.3, -0.25) is 14.4 Å². The molecule has 0 bridgehead atoms. The van der Waals surface area contributed by atoms with E-state index < -0.39 is 6.10 Å². The minimum Gasteiger partial charge on any atom is -0.462 e. The average molecular weight is 765 g/mol. The maximum Gasteiger partial charge on any atom is 0.306 e. The summed E-state index contributed by atoms with van der Waals surface area (Å²) in [4.78, 5) is 37.7. The van der Waals surface area contributed by atoms with Crippen molar-refractivity contribution < 1.29 is 28.6 Å². The van der Waals surface area contributed by atoms with Crippen molar-refractivity contribution in [3.05, 3.63) is 0 Å². The van der Waals surface area contributed by atoms with Crippen LogP contribution in [0.25, 0.3) is 0 Å². The monoisotopic (exact) mass is 765 g/mol. The molecule has 0 aliphatic heterocycles. The number of hydrogen-bond donors (Lipinski definition) is 0. The fourth-order valence-corrected chi connectivity index (χ4v) is 7.02. The van der Waals surface area contributed by atoms with Gasteiger partial charge in [0.2, 0.25) is 0 Å². The smallest absolute Gasteiger partial charge is 0.306 e. The Hall–Kier alpha value is -1.59. The summed E-state index contributed by atoms with van der Waals surface area (Å²) in [7, 11) is 0. The molecule has 6 heteroatoms. The van der Waals surface area contributed by atoms with E-state index in [0.29, 0.717) is 19.3 Å². The fourth-order valence-electron chi connectivity index (χ4n) is 7.02. The van der Waals surface area contributed by atoms with Gasteiger partial charge in [-0.05, 0) is 37.0 Å². The third-order valence-electron chi connectivity index (χ3n) is 11.0. The van der Waals surface area contributed by atoms with Gasteiger partial charge in [-0.1, -0.05) is 215 Å². The summed E-state index contributed by atoms with van der Waals surface area (Å²) in [6, 6.07) is 0. The molecule has 0 aromatic rings. The van der Waals surface area contributed by atoms with Crippen molar-refractivity contribution in [2.24, 2.45) is 17.8 Å². The standard InChI is InChI=1S/C48H92O6/c1-7-44(6)36-30-24-18-12-8-9-13-20-27-33-39-48(51)54-45(41-53-47(50)38-32-26-21-15-17-23-29-35-43(4)5)40-52-46(49)37-31-25-19-14-10-11-16-22-28-34-42(2)3/h42-45H,7-41H2,1-6H3/t44?,45-/m1/s1. The first-order valence-corrected chi connectivity index (χ1v) is 23.6. The van der Waals surface area contributed by atoms with E-state index in [1.165, 1.54) is 135 Å². The predicted octanol–water partition coefficient (Wildman–Crippen LogP) is 14.8. The van der Waals surface area contributed by atoms with E-state index in [0.717, 1.165) is 75.5 Å². The lowest BCUT2D eigenvalue weighted by Gasteiger charge is -2.18. The quantitative estimate of drug-likeness (QED) is 0.0350. The second-order valence-corrected chi connectivity index (χ2v) is 17.6. The van der Waals surface area contributed by atoms with E-state index in [2.05, 4.69) is 41.5 Å². The van der Waals surface area contributed by atoms with Gasteiger partial charge in [0, 0.05) is 19.3 Å². The molecular formula is C48H92O6. The number of carbonyl (C=O) groups is 3. The third-order valence-corrected chi connectivity index (χ3v) is 11.0. The van der Waals surface area contributed by atoms with Gasteiger partial charge in [0.15, 0.2) is 6.10 Å². The maximum atomic E-state index is 12.7. The van der Waals surface area contributed by atoms with Crippen LogP contribution in [-0.2, 0) is 28.6 Å². The highest BCUT2D eigenvalue weighted by molar-refractivity contribution is 5.71. The molecule has 6 nitrogen and oxygen atoms in total. The number of hydrogen-bond acceptors (Lipinski definition) is 6. The van der Waals surface area contributed by atoms with Crippen LogP contribution >= 0.6 is 0 Å². The molecule has 2 atom stereocenters. The summed E-state index contributed by atoms with van der Waals surface area (Å²) < 4.78 is 16.7. The van der Waals surface area contributed by atoms with Crippen LogP contribution in [-0.4, -0.2) is 37.2 Å². The highest BCUT2D eigenvalue weighted by atomic mass is 16.6. The van der Waals surface area contributed by atoms with Crippen LogP contribution in [0.15, 0.2) is 0 Å². The van der Waals surface area contributed by atoms with Gasteiger partial charge in [0.05, 0.1) is 0 Å². The number of unbranched alkanes of at least 4 members (excludes halogenated alkanes) is 23. The molecule has 0 amide bonds. The molecule has 0 saturated heterocycles. The first-order valence-electron chi connectivity index (χ1n) is 23.6. The molecule has 0 aromatic heterocycles. The van der Waals surface area contributed by atoms with Crippen molar-refractivity contribution in [1.29, 1.82) is 0 Å². The minimum atomic E-state index is -0.762. The van der Waals surface area contributed by atoms with Crippen molar-refractivity contribution in [1.82, 2.24) is 0 Å². The highest BCUT2D eigenvalue weighted by Gasteiger charge is 2.19. The second-order valence-electron chi connectivity index (χ2n) is 17.6. The largest absolute Gasteiger partial charge is 0.462 e. The van der Waals surface area contributed by atoms with Gasteiger partial charge in [0.25, 0.3) is 0 Å². The summed E-state index contributed by atoms with van der Waals surface area (Å²) in [6.07, 6.45) is 36.6. The van der Waals surface area contributed by atoms with Gasteiger partial charge in [-0.25, -0.2) is 0 Å². The zero-order valence-electron chi connectivity index (χ0n) is 37.0. The van der Waals surface area contributed by atoms with Gasteiger partial charge in [0.1, 0.15) is 13.2 Å². The number of carbonyl (C=O) groups excluding carboxylic acids is 3. The van der Waals surface area contributed by atoms with E-state index in [4.69, 9.17) is 14.2 Å². The molecule has 0 heterocycles. The molecule has 0 N–H and O–H groups in total. The van der Waals surface area contributed by atoms with Crippen molar-refractivity contribution in [2.75, 3.05) is 13.2 Å². The van der Waals surface area contributed by atoms with E-state index >= 15 is 0 Å². The fraction of sp³-hybridized carbons (Fsp3) is 0.938. The second kappa shape index (κ2) is 39.6. The summed E-state index contributed by atoms with van der Waals surface area (Å²) in [6.45, 7) is 13.6. The lowest BCUT2D eigenvalue weighted by Crippen LogP contribution is -2.30. The molecule has 0 saturated carbocycles. The van der Waals surface area contributed by atoms with Crippen molar-refractivity contribution >= 4 is 17.9 Å². The summed E-state index contributed by atoms with van der Waals surface area (Å²) >= 11 is 0. The van der Waals surface area contributed by atoms with E-state index in [1.807, 2.05) is 0 Å². The topological polar surface area (TPSA) is 78.9 Å². The minimum absolute atomic E-state index is 0.0664. The van der Waals surface area contributed by atoms with E-state index in [-0.39, 0.29) is 31.1 Å². The Bertz CT molecular complexity index is 839. The first kappa shape index (κ1) is 52.4. The zero-order valence-corrected chi connectivity index (χ0v) is 37.0. The lowest BCUT2D eigenvalue weighted by molar-refractivity contribution is -0.167. The summed E-state index contributed by atoms with van der Waals surface area (Å²) in [5, 5.41) is 0. The highest BCUT2D eigenvalue weighted by Crippen LogP contribution is 2.17. The zero-order chi connectivity index (χ0) is 39.9. The molecule has 0 fully saturated rings. The van der Waals surface area contributed by atoms with Crippen LogP contribution in [0.3, 0.4) is 0 Å². The predicted molar refractivity (Wildman–Crippen MR) is 229 cm³/mol. The van der Waals surface area contributed by atoms with Gasteiger partial charge in [-0.15, -0.1) is 0 Å². The Morgan fingerprint density at radius 2 is 0.648 bits per heavy atom. The van der Waals surface area contributed by atoms with Gasteiger partial charge >= 0.3 is 17.9 Å². The van der Waals surface area contributed by atoms with Crippen molar-refractivity contribution in [2.45, 2.75) is 260 Å². The molecule has 0 radical (unpaired) electrons. The van der Waals surface area contributed by atoms with Crippen LogP contribution in [0, 0.1) is 17.8 Å². The number of rotatable bonds is 41. The Kier molecular flexibility index (Phi) is 38.5. The summed E-state index contributed by atoms with van der Waals surface area (Å²) in [5.74, 6) is 1.59. The first-order chi connectivity index (χ1) is 26.1. The SMILES string of the molecule is CCC(C)CCCCCCCCCCCCC(=O)O[C@H](COC(=O)CCCCCCCCCCCC(C)C)COC(=O)CCCCCCCCCC(C)C. The van der Waals surface area contributed by atoms with Crippen LogP contribution in [0.1, 0.15) is 253 Å². The normalized spacial score (nSPS) is 12.7. The molecule has 0 aliphatic rings. The van der Waals surface area contributed by atoms with Crippen LogP contribution in [0.5, 0.6) is 0 Å². The number of ether oxygens (including phenoxy) is 3. The lowest BCUT2D eigenvalue weighted by atomic mass is 9.99. The van der Waals surface area contributed by atoms with Crippen LogP contribution in [0.2, 0.25) is 0 Å². The maximum absolute atomic E-state index is 12.7. The van der Waals surface area contributed by atoms with Gasteiger partial charge < -0.3 is 14.2 Å². The molecule has 0 spiro atoms. The molecule has 0 aliphatic carbocycles. The molecule has 0 rings (SSSR count). The Morgan fingerprint density at radius 1 is 0.370 bits per heavy atom. The van der Waals surface area contributed by atoms with Crippen molar-refractivity contribution in [3.63, 3.8) is 0 Å². The Labute approximate surface area is 336 Å². The van der Waals surface area contributed by atoms with Crippen LogP contribution in [0.4, 0.5) is 0 Å². The molecule has 0 aromatic carbocycles. The molecule has 1 unspecified atom stereocenters. The van der Waals surface area contributed by atoms with Crippen molar-refractivity contribution in [3.8, 4) is 0 Å². The van der Waals surface area contributed by atoms with E-state index in [1.54, 1.807) is 0 Å². The van der Waals surface area contributed by atoms with Crippen LogP contribution < -0.4 is 0 Å². The number of esters is 3. The van der Waals surface area contributed by atoms with E-state index in [9.17, 15) is 14.4 Å².